The topological polar surface area (TPSA) is 110 Å². The number of benzene rings is 15. The molecule has 0 amide bonds. The van der Waals surface area contributed by atoms with E-state index in [4.69, 9.17) is 14.6 Å². The van der Waals surface area contributed by atoms with E-state index in [1.54, 1.807) is 30.3 Å². The van der Waals surface area contributed by atoms with Crippen LogP contribution in [-0.4, -0.2) is 26.7 Å². The minimum absolute atomic E-state index is 0.00921. The minimum Gasteiger partial charge on any atom is -0.478 e. The Morgan fingerprint density at radius 1 is 0.304 bits per heavy atom. The Morgan fingerprint density at radius 2 is 0.696 bits per heavy atom. The second-order valence-corrected chi connectivity index (χ2v) is 27.9. The van der Waals surface area contributed by atoms with Crippen molar-refractivity contribution in [2.75, 3.05) is 0 Å². The molecule has 0 fully saturated rings. The summed E-state index contributed by atoms with van der Waals surface area (Å²) in [5, 5.41) is 33.4. The highest BCUT2D eigenvalue weighted by molar-refractivity contribution is 6.25. The lowest BCUT2D eigenvalue weighted by molar-refractivity contribution is -0.132. The van der Waals surface area contributed by atoms with Gasteiger partial charge in [-0.2, -0.15) is 0 Å². The van der Waals surface area contributed by atoms with Crippen molar-refractivity contribution in [3.63, 3.8) is 0 Å². The van der Waals surface area contributed by atoms with Crippen molar-refractivity contribution in [2.24, 2.45) is 0 Å². The van der Waals surface area contributed by atoms with Crippen LogP contribution in [0.1, 0.15) is 99.1 Å². The molecule has 0 aliphatic rings. The first-order valence-corrected chi connectivity index (χ1v) is 36.9. The monoisotopic (exact) mass is 1460 g/mol. The fraction of sp³-hybridized carbons (Fsp3) is 0.0762. The lowest BCUT2D eigenvalue weighted by Crippen LogP contribution is -2.02. The number of para-hydroxylation sites is 3. The number of allylic oxidation sites excluding steroid dienone is 7. The average molecular weight is 1460 g/mol. The standard InChI is InChI=1S/C19H14.C17H14.C16H12O2.C15H13N.C15H14.C10H10O2.C9H10.C4H6O2/c1-12(2)17-11-15-7-3-5-13-9-10-14-6-4-8-16(17)19(14)18(13)15;1-12(2)17-15-9-5-3-7-13(15)11-14-8-4-6-10-16(14)17;1-10(2)11-7-8-15-13(9-11)16(17)12-5-3-4-6-14(12)18-15;1-11(2)16-14-9-5-3-7-12(14)13-8-4-6-10-15(13)16;1-12(2)14-9-6-10-15(11-14)13-7-4-3-5-8-13;1-7(2)8-3-5-9(6-4-8)10(11)12;1-8(2)9-6-4-3-5-7-9;1-3(2)4(5)6/h3-11H,1H2,2H3;3-11H,1H2,2H3;3-9H,1H2,2H3;3-10H,1H2,2H3;3-11H,1H2,2H3;3-6H,1H2,2H3,(H,11,12);3-7H,1H2,2H3;1H2,2H3,(H,5,6). The van der Waals surface area contributed by atoms with Crippen molar-refractivity contribution in [1.82, 2.24) is 4.57 Å². The molecule has 15 aromatic carbocycles. The predicted octanol–water partition coefficient (Wildman–Crippen LogP) is 29.1. The van der Waals surface area contributed by atoms with Crippen LogP contribution in [-0.2, 0) is 4.79 Å². The molecule has 0 saturated carbocycles. The molecule has 0 aliphatic heterocycles. The van der Waals surface area contributed by atoms with Gasteiger partial charge < -0.3 is 19.2 Å². The number of aliphatic carboxylic acids is 1. The SMILES string of the molecule is C=C(C)C(=O)O.C=C(C)c1c2ccccc2cc2ccccc12.C=C(C)c1cc2cccc3ccc4cccc1c4c32.C=C(C)c1ccc(C(=O)O)cc1.C=C(C)c1ccc2oc3ccccc3c(=O)c2c1.C=C(C)c1cccc(-c2ccccc2)c1.C=C(C)c1ccccc1.C=C(C)n1c2ccccc2c2ccccc21. The number of carboxylic acid groups (broad SMARTS) is 2. The van der Waals surface area contributed by atoms with Crippen molar-refractivity contribution < 1.29 is 24.2 Å². The van der Waals surface area contributed by atoms with E-state index in [-0.39, 0.29) is 11.0 Å². The van der Waals surface area contributed by atoms with Crippen LogP contribution < -0.4 is 5.43 Å². The molecule has 2 heterocycles. The van der Waals surface area contributed by atoms with E-state index in [0.29, 0.717) is 27.5 Å². The van der Waals surface area contributed by atoms with Gasteiger partial charge in [0, 0.05) is 22.0 Å². The molecule has 17 rings (SSSR count). The van der Waals surface area contributed by atoms with E-state index in [1.807, 2.05) is 95.3 Å². The summed E-state index contributed by atoms with van der Waals surface area (Å²) in [7, 11) is 0. The van der Waals surface area contributed by atoms with Crippen LogP contribution in [0, 0.1) is 0 Å². The Hall–Kier alpha value is -14.0. The minimum atomic E-state index is -0.935. The molecule has 0 bridgehead atoms. The van der Waals surface area contributed by atoms with E-state index in [9.17, 15) is 14.4 Å². The third-order valence-electron chi connectivity index (χ3n) is 18.9. The largest absolute Gasteiger partial charge is 0.478 e. The van der Waals surface area contributed by atoms with E-state index in [2.05, 4.69) is 289 Å². The molecule has 112 heavy (non-hydrogen) atoms. The molecule has 2 N–H and O–H groups in total. The number of aromatic carboxylic acids is 1. The number of rotatable bonds is 10. The highest BCUT2D eigenvalue weighted by Gasteiger charge is 2.14. The van der Waals surface area contributed by atoms with Crippen LogP contribution in [0.3, 0.4) is 0 Å². The molecule has 2 aromatic heterocycles. The van der Waals surface area contributed by atoms with Gasteiger partial charge in [0.15, 0.2) is 0 Å². The number of carboxylic acids is 2. The maximum atomic E-state index is 12.4. The van der Waals surface area contributed by atoms with Crippen molar-refractivity contribution in [2.45, 2.75) is 55.4 Å². The second-order valence-electron chi connectivity index (χ2n) is 27.9. The molecule has 554 valence electrons. The highest BCUT2D eigenvalue weighted by atomic mass is 16.4. The lowest BCUT2D eigenvalue weighted by Gasteiger charge is -2.14. The number of nitrogens with zero attached hydrogens (tertiary/aromatic N) is 1. The van der Waals surface area contributed by atoms with Crippen LogP contribution in [0.15, 0.2) is 377 Å². The molecule has 0 unspecified atom stereocenters. The molecule has 7 heteroatoms. The first-order chi connectivity index (χ1) is 53.8. The quantitative estimate of drug-likeness (QED) is 0.0802. The van der Waals surface area contributed by atoms with Gasteiger partial charge in [0.2, 0.25) is 5.43 Å². The Bertz CT molecular complexity index is 6310. The fourth-order valence-corrected chi connectivity index (χ4v) is 13.2. The van der Waals surface area contributed by atoms with Gasteiger partial charge in [-0.05, 0) is 226 Å². The maximum Gasteiger partial charge on any atom is 0.335 e. The highest BCUT2D eigenvalue weighted by Crippen LogP contribution is 2.39. The Labute approximate surface area is 656 Å². The summed E-state index contributed by atoms with van der Waals surface area (Å²) in [6, 6.07) is 104. The predicted molar refractivity (Wildman–Crippen MR) is 484 cm³/mol. The Kier molecular flexibility index (Phi) is 26.7. The van der Waals surface area contributed by atoms with E-state index in [0.717, 1.165) is 50.3 Å². The van der Waals surface area contributed by atoms with Gasteiger partial charge >= 0.3 is 11.9 Å². The van der Waals surface area contributed by atoms with Gasteiger partial charge in [0.1, 0.15) is 11.2 Å². The van der Waals surface area contributed by atoms with Crippen LogP contribution in [0.2, 0.25) is 0 Å². The molecule has 0 atom stereocenters. The number of carbonyl (C=O) groups is 2. The van der Waals surface area contributed by atoms with Crippen LogP contribution in [0.25, 0.3) is 148 Å². The Morgan fingerprint density at radius 3 is 1.21 bits per heavy atom. The number of hydrogen-bond donors (Lipinski definition) is 2. The summed E-state index contributed by atoms with van der Waals surface area (Å²) in [4.78, 5) is 32.4. The Balaban J connectivity index is 0.000000138. The first kappa shape index (κ1) is 80.5. The maximum absolute atomic E-state index is 12.4. The van der Waals surface area contributed by atoms with Gasteiger partial charge in [0.05, 0.1) is 27.4 Å². The van der Waals surface area contributed by atoms with Crippen LogP contribution in [0.5, 0.6) is 0 Å². The number of aromatic nitrogens is 1. The van der Waals surface area contributed by atoms with Gasteiger partial charge in [-0.3, -0.25) is 4.79 Å². The van der Waals surface area contributed by atoms with Crippen molar-refractivity contribution in [1.29, 1.82) is 0 Å². The molecule has 0 saturated heterocycles. The molecular formula is C105H93NO6. The molecule has 17 aromatic rings. The van der Waals surface area contributed by atoms with Gasteiger partial charge in [-0.1, -0.05) is 323 Å². The lowest BCUT2D eigenvalue weighted by atomic mass is 9.90. The average Bonchev–Trinajstić information content (AvgIpc) is 1.31. The molecule has 0 aliphatic carbocycles. The van der Waals surface area contributed by atoms with Crippen molar-refractivity contribution in [3.8, 4) is 11.1 Å². The zero-order valence-corrected chi connectivity index (χ0v) is 65.1. The van der Waals surface area contributed by atoms with E-state index in [1.165, 1.54) is 116 Å². The normalized spacial score (nSPS) is 10.4. The molecule has 0 spiro atoms. The van der Waals surface area contributed by atoms with E-state index >= 15 is 0 Å². The summed E-state index contributed by atoms with van der Waals surface area (Å²) in [5.41, 5.74) is 21.0. The molecular weight excluding hydrogens is 1370 g/mol. The third kappa shape index (κ3) is 19.5. The third-order valence-corrected chi connectivity index (χ3v) is 18.9. The smallest absolute Gasteiger partial charge is 0.335 e. The molecule has 0 radical (unpaired) electrons. The number of fused-ring (bicyclic) bond motifs is 7. The first-order valence-electron chi connectivity index (χ1n) is 36.9. The van der Waals surface area contributed by atoms with Crippen molar-refractivity contribution >= 4 is 149 Å². The van der Waals surface area contributed by atoms with Gasteiger partial charge in [-0.15, -0.1) is 0 Å². The summed E-state index contributed by atoms with van der Waals surface area (Å²) >= 11 is 0. The summed E-state index contributed by atoms with van der Waals surface area (Å²) in [6.45, 7) is 46.4. The second kappa shape index (κ2) is 37.2. The number of hydrogen-bond acceptors (Lipinski definition) is 4. The van der Waals surface area contributed by atoms with E-state index < -0.39 is 11.9 Å². The van der Waals surface area contributed by atoms with Gasteiger partial charge in [0.25, 0.3) is 0 Å². The van der Waals surface area contributed by atoms with Gasteiger partial charge in [-0.25, -0.2) is 9.59 Å². The zero-order valence-electron chi connectivity index (χ0n) is 65.1. The van der Waals surface area contributed by atoms with Crippen molar-refractivity contribution in [3.05, 3.63) is 417 Å². The summed E-state index contributed by atoms with van der Waals surface area (Å²) in [6.07, 6.45) is 0. The fourth-order valence-electron chi connectivity index (χ4n) is 13.2. The van der Waals surface area contributed by atoms with Crippen LogP contribution >= 0.6 is 0 Å². The van der Waals surface area contributed by atoms with Crippen LogP contribution in [0.4, 0.5) is 0 Å². The molecule has 7 nitrogen and oxygen atoms in total. The summed E-state index contributed by atoms with van der Waals surface area (Å²) < 4.78 is 7.95. The zero-order chi connectivity index (χ0) is 80.3. The summed E-state index contributed by atoms with van der Waals surface area (Å²) in [5.74, 6) is -1.83.